The Morgan fingerprint density at radius 1 is 0.473 bits per heavy atom. The third kappa shape index (κ3) is 4.44. The van der Waals surface area contributed by atoms with Gasteiger partial charge in [-0.25, -0.2) is 0 Å². The van der Waals surface area contributed by atoms with Gasteiger partial charge in [-0.15, -0.1) is 5.11 Å². The van der Waals surface area contributed by atoms with E-state index < -0.39 is 5.41 Å². The molecule has 8 aromatic carbocycles. The monoisotopic (exact) mass is 702 g/mol. The summed E-state index contributed by atoms with van der Waals surface area (Å²) in [5.74, 6) is 1.76. The van der Waals surface area contributed by atoms with Crippen molar-refractivity contribution in [2.45, 2.75) is 12.3 Å². The molecule has 0 atom stereocenters. The van der Waals surface area contributed by atoms with Crippen molar-refractivity contribution in [3.63, 3.8) is 0 Å². The third-order valence-corrected chi connectivity index (χ3v) is 11.8. The van der Waals surface area contributed by atoms with Gasteiger partial charge in [-0.2, -0.15) is 5.11 Å². The zero-order valence-electron chi connectivity index (χ0n) is 30.3. The Kier molecular flexibility index (Phi) is 6.83. The van der Waals surface area contributed by atoms with Gasteiger partial charge in [-0.05, 0) is 91.5 Å². The van der Waals surface area contributed by atoms with E-state index in [1.54, 1.807) is 0 Å². The molecule has 3 nitrogen and oxygen atoms in total. The first-order chi connectivity index (χ1) is 27.1. The number of rotatable bonds is 5. The van der Waals surface area contributed by atoms with E-state index >= 15 is 0 Å². The van der Waals surface area contributed by atoms with Gasteiger partial charge in [0.2, 0.25) is 0 Å². The summed E-state index contributed by atoms with van der Waals surface area (Å²) in [4.78, 5) is 0. The first-order valence-corrected chi connectivity index (χ1v) is 18.8. The van der Waals surface area contributed by atoms with Crippen molar-refractivity contribution in [2.75, 3.05) is 0 Å². The molecule has 0 N–H and O–H groups in total. The number of hydrogen-bond donors (Lipinski definition) is 0. The molecule has 3 aliphatic rings. The molecular weight excluding hydrogens is 669 g/mol. The maximum absolute atomic E-state index is 6.57. The average Bonchev–Trinajstić information content (AvgIpc) is 3.72. The summed E-state index contributed by atoms with van der Waals surface area (Å²) in [5.41, 5.74) is 17.3. The van der Waals surface area contributed by atoms with Crippen molar-refractivity contribution in [3.8, 4) is 44.9 Å². The van der Waals surface area contributed by atoms with E-state index in [9.17, 15) is 0 Å². The van der Waals surface area contributed by atoms with Crippen LogP contribution < -0.4 is 4.74 Å². The van der Waals surface area contributed by atoms with Crippen LogP contribution in [0.5, 0.6) is 11.5 Å². The van der Waals surface area contributed by atoms with Gasteiger partial charge in [0.05, 0.1) is 16.8 Å². The van der Waals surface area contributed by atoms with Crippen LogP contribution in [0.2, 0.25) is 0 Å². The highest BCUT2D eigenvalue weighted by atomic mass is 16.5. The molecule has 11 rings (SSSR count). The average molecular weight is 703 g/mol. The van der Waals surface area contributed by atoms with Crippen LogP contribution in [0.4, 0.5) is 0 Å². The van der Waals surface area contributed by atoms with Gasteiger partial charge in [-0.3, -0.25) is 0 Å². The molecule has 0 unspecified atom stereocenters. The van der Waals surface area contributed by atoms with Crippen molar-refractivity contribution < 1.29 is 4.74 Å². The van der Waals surface area contributed by atoms with Crippen LogP contribution in [0.1, 0.15) is 45.9 Å². The van der Waals surface area contributed by atoms with Crippen molar-refractivity contribution in [1.29, 1.82) is 0 Å². The lowest BCUT2D eigenvalue weighted by Gasteiger charge is -2.39. The van der Waals surface area contributed by atoms with Crippen LogP contribution in [0.25, 0.3) is 61.1 Å². The summed E-state index contributed by atoms with van der Waals surface area (Å²) in [7, 11) is 0. The van der Waals surface area contributed by atoms with Gasteiger partial charge >= 0.3 is 0 Å². The van der Waals surface area contributed by atoms with Gasteiger partial charge in [0.1, 0.15) is 11.5 Å². The van der Waals surface area contributed by atoms with E-state index in [0.717, 1.165) is 56.0 Å². The molecule has 0 fully saturated rings. The Hall–Kier alpha value is -7.10. The second-order valence-corrected chi connectivity index (χ2v) is 14.6. The largest absolute Gasteiger partial charge is 0.457 e. The van der Waals surface area contributed by atoms with Crippen LogP contribution in [-0.4, -0.2) is 0 Å². The lowest BCUT2D eigenvalue weighted by atomic mass is 9.66. The van der Waals surface area contributed by atoms with Crippen molar-refractivity contribution in [3.05, 3.63) is 221 Å². The number of azo groups is 1. The molecule has 8 aromatic rings. The summed E-state index contributed by atoms with van der Waals surface area (Å²) < 4.78 is 6.57. The molecule has 0 amide bonds. The Bertz CT molecular complexity index is 2910. The molecule has 0 saturated heterocycles. The van der Waals surface area contributed by atoms with Gasteiger partial charge in [0, 0.05) is 22.3 Å². The highest BCUT2D eigenvalue weighted by Crippen LogP contribution is 2.62. The summed E-state index contributed by atoms with van der Waals surface area (Å²) in [6.07, 6.45) is 0. The number of benzene rings is 8. The number of allylic oxidation sites excluding steroid dienone is 1. The number of nitrogens with zero attached hydrogens (tertiary/aromatic N) is 2. The van der Waals surface area contributed by atoms with E-state index in [2.05, 4.69) is 183 Å². The van der Waals surface area contributed by atoms with Gasteiger partial charge in [0.15, 0.2) is 0 Å². The van der Waals surface area contributed by atoms with Gasteiger partial charge in [0.25, 0.3) is 0 Å². The molecule has 1 spiro atoms. The molecule has 0 bridgehead atoms. The molecule has 0 aromatic heterocycles. The molecular formula is C52H34N2O. The highest BCUT2D eigenvalue weighted by molar-refractivity contribution is 6.17. The Balaban J connectivity index is 1.08. The fourth-order valence-electron chi connectivity index (χ4n) is 9.39. The van der Waals surface area contributed by atoms with Gasteiger partial charge in [-0.1, -0.05) is 164 Å². The summed E-state index contributed by atoms with van der Waals surface area (Å²) in [6.45, 7) is 6.63. The SMILES string of the molecule is C=C(N=N/C(=C(\C)c1ccc2c(c1)C1(c3ccccc3Oc3ccccc31)c1ccccc1-2)c1ccccc1)c1ccc2c3c(cccc13)-c1ccccc1-2. The van der Waals surface area contributed by atoms with Crippen LogP contribution >= 0.6 is 0 Å². The number of ether oxygens (including phenoxy) is 1. The fraction of sp³-hybridized carbons (Fsp3) is 0.0385. The predicted molar refractivity (Wildman–Crippen MR) is 225 cm³/mol. The van der Waals surface area contributed by atoms with Gasteiger partial charge < -0.3 is 4.74 Å². The maximum Gasteiger partial charge on any atom is 0.132 e. The standard InChI is InChI=1S/C52H34N2O/c1-32(35-27-28-40-39-19-8-9-22-44(39)52(47(40)31-35)45-23-10-12-25-48(45)55-49-26-13-11-24-46(49)52)51(34-15-4-3-5-16-34)54-53-33(2)36-29-30-43-38-18-7-6-17-37(38)42-21-14-20-41(36)50(42)43/h3-31H,2H2,1H3/b51-32+,54-53?. The maximum atomic E-state index is 6.57. The highest BCUT2D eigenvalue weighted by Gasteiger charge is 2.51. The minimum Gasteiger partial charge on any atom is -0.457 e. The molecule has 0 radical (unpaired) electrons. The molecule has 0 saturated carbocycles. The van der Waals surface area contributed by atoms with E-state index in [4.69, 9.17) is 15.0 Å². The van der Waals surface area contributed by atoms with Crippen LogP contribution in [0, 0.1) is 0 Å². The summed E-state index contributed by atoms with van der Waals surface area (Å²) in [5, 5.41) is 12.3. The topological polar surface area (TPSA) is 34.0 Å². The zero-order valence-corrected chi connectivity index (χ0v) is 30.3. The Labute approximate surface area is 320 Å². The van der Waals surface area contributed by atoms with Crippen LogP contribution in [0.15, 0.2) is 193 Å². The smallest absolute Gasteiger partial charge is 0.132 e. The molecule has 2 aliphatic carbocycles. The summed E-state index contributed by atoms with van der Waals surface area (Å²) in [6, 6.07) is 62.5. The Morgan fingerprint density at radius 3 is 1.76 bits per heavy atom. The number of para-hydroxylation sites is 2. The summed E-state index contributed by atoms with van der Waals surface area (Å²) >= 11 is 0. The molecule has 1 aliphatic heterocycles. The fourth-order valence-corrected chi connectivity index (χ4v) is 9.39. The van der Waals surface area contributed by atoms with E-state index in [1.807, 2.05) is 6.07 Å². The minimum absolute atomic E-state index is 0.550. The molecule has 3 heteroatoms. The first-order valence-electron chi connectivity index (χ1n) is 18.8. The lowest BCUT2D eigenvalue weighted by Crippen LogP contribution is -2.32. The van der Waals surface area contributed by atoms with Crippen LogP contribution in [-0.2, 0) is 5.41 Å². The van der Waals surface area contributed by atoms with Crippen molar-refractivity contribution in [1.82, 2.24) is 0 Å². The van der Waals surface area contributed by atoms with E-state index in [-0.39, 0.29) is 0 Å². The molecule has 1 heterocycles. The Morgan fingerprint density at radius 2 is 1.04 bits per heavy atom. The molecule has 258 valence electrons. The number of hydrogen-bond acceptors (Lipinski definition) is 3. The van der Waals surface area contributed by atoms with Crippen LogP contribution in [0.3, 0.4) is 0 Å². The lowest BCUT2D eigenvalue weighted by molar-refractivity contribution is 0.436. The third-order valence-electron chi connectivity index (χ3n) is 11.8. The first kappa shape index (κ1) is 31.4. The second-order valence-electron chi connectivity index (χ2n) is 14.6. The predicted octanol–water partition coefficient (Wildman–Crippen LogP) is 14.0. The van der Waals surface area contributed by atoms with E-state index in [1.165, 1.54) is 49.9 Å². The molecule has 55 heavy (non-hydrogen) atoms. The van der Waals surface area contributed by atoms with Crippen molar-refractivity contribution in [2.24, 2.45) is 10.2 Å². The van der Waals surface area contributed by atoms with Crippen molar-refractivity contribution >= 4 is 27.7 Å². The zero-order chi connectivity index (χ0) is 36.7. The number of fused-ring (bicyclic) bond motifs is 12. The minimum atomic E-state index is -0.550. The van der Waals surface area contributed by atoms with E-state index in [0.29, 0.717) is 5.70 Å². The quantitative estimate of drug-likeness (QED) is 0.130. The normalized spacial score (nSPS) is 14.1. The second kappa shape index (κ2) is 12.0.